The Balaban J connectivity index is 1.78. The van der Waals surface area contributed by atoms with Gasteiger partial charge >= 0.3 is 0 Å². The molecule has 2 amide bonds. The lowest BCUT2D eigenvalue weighted by Crippen LogP contribution is -3.17. The Morgan fingerprint density at radius 2 is 1.90 bits per heavy atom. The normalized spacial score (nSPS) is 23.7. The summed E-state index contributed by atoms with van der Waals surface area (Å²) in [5.74, 6) is 0.691. The summed E-state index contributed by atoms with van der Waals surface area (Å²) >= 11 is 0. The zero-order valence-corrected chi connectivity index (χ0v) is 12.5. The van der Waals surface area contributed by atoms with Crippen LogP contribution >= 0.6 is 0 Å². The van der Waals surface area contributed by atoms with E-state index in [4.69, 9.17) is 0 Å². The fraction of sp³-hybridized carbons (Fsp3) is 0.529. The summed E-state index contributed by atoms with van der Waals surface area (Å²) in [5.41, 5.74) is 0.706. The first-order valence-electron chi connectivity index (χ1n) is 7.97. The number of para-hydroxylation sites is 1. The molecule has 0 spiro atoms. The van der Waals surface area contributed by atoms with Crippen molar-refractivity contribution in [2.24, 2.45) is 5.92 Å². The average molecular weight is 287 g/mol. The first kappa shape index (κ1) is 14.3. The maximum atomic E-state index is 12.7. The summed E-state index contributed by atoms with van der Waals surface area (Å²) in [6, 6.07) is 9.11. The van der Waals surface area contributed by atoms with Crippen molar-refractivity contribution in [3.63, 3.8) is 0 Å². The van der Waals surface area contributed by atoms with E-state index in [2.05, 4.69) is 6.92 Å². The van der Waals surface area contributed by atoms with E-state index in [1.54, 1.807) is 0 Å². The lowest BCUT2D eigenvalue weighted by molar-refractivity contribution is -0.916. The Hall–Kier alpha value is -1.68. The molecule has 1 N–H and O–H groups in total. The number of hydrogen-bond acceptors (Lipinski definition) is 2. The minimum Gasteiger partial charge on any atom is -0.324 e. The van der Waals surface area contributed by atoms with Gasteiger partial charge in [0.05, 0.1) is 25.2 Å². The van der Waals surface area contributed by atoms with Gasteiger partial charge in [-0.25, -0.2) is 4.90 Å². The third-order valence-corrected chi connectivity index (χ3v) is 4.47. The van der Waals surface area contributed by atoms with E-state index in [0.717, 1.165) is 25.4 Å². The molecule has 21 heavy (non-hydrogen) atoms. The number of rotatable bonds is 6. The van der Waals surface area contributed by atoms with Crippen LogP contribution in [-0.2, 0) is 9.59 Å². The summed E-state index contributed by atoms with van der Waals surface area (Å²) < 4.78 is 0. The number of nitrogens with one attached hydrogen (secondary N) is 1. The van der Waals surface area contributed by atoms with Crippen molar-refractivity contribution in [2.75, 3.05) is 18.0 Å². The molecular weight excluding hydrogens is 264 g/mol. The summed E-state index contributed by atoms with van der Waals surface area (Å²) in [5, 5.41) is 0. The van der Waals surface area contributed by atoms with Gasteiger partial charge in [-0.3, -0.25) is 9.59 Å². The van der Waals surface area contributed by atoms with Gasteiger partial charge in [0.25, 0.3) is 5.91 Å². The van der Waals surface area contributed by atoms with Gasteiger partial charge in [-0.05, 0) is 31.4 Å². The molecule has 1 saturated carbocycles. The van der Waals surface area contributed by atoms with Gasteiger partial charge in [-0.2, -0.15) is 0 Å². The molecule has 0 bridgehead atoms. The van der Waals surface area contributed by atoms with Crippen LogP contribution in [-0.4, -0.2) is 30.9 Å². The number of benzene rings is 1. The average Bonchev–Trinajstić information content (AvgIpc) is 3.24. The largest absolute Gasteiger partial charge is 0.324 e. The Morgan fingerprint density at radius 1 is 1.19 bits per heavy atom. The van der Waals surface area contributed by atoms with Crippen LogP contribution in [0.2, 0.25) is 0 Å². The van der Waals surface area contributed by atoms with Crippen molar-refractivity contribution in [1.82, 2.24) is 0 Å². The zero-order chi connectivity index (χ0) is 14.8. The van der Waals surface area contributed by atoms with Crippen LogP contribution in [0, 0.1) is 5.92 Å². The van der Waals surface area contributed by atoms with Crippen LogP contribution in [0.5, 0.6) is 0 Å². The van der Waals surface area contributed by atoms with E-state index in [1.165, 1.54) is 22.6 Å². The van der Waals surface area contributed by atoms with Crippen LogP contribution in [0.3, 0.4) is 0 Å². The number of carbonyl (C=O) groups is 2. The molecular formula is C17H23N2O2+. The third-order valence-electron chi connectivity index (χ3n) is 4.47. The Bertz CT molecular complexity index is 525. The van der Waals surface area contributed by atoms with Crippen LogP contribution in [0.25, 0.3) is 0 Å². The summed E-state index contributed by atoms with van der Waals surface area (Å²) in [4.78, 5) is 27.7. The molecule has 2 aliphatic rings. The highest BCUT2D eigenvalue weighted by Gasteiger charge is 2.46. The first-order chi connectivity index (χ1) is 10.2. The number of carbonyl (C=O) groups excluding carboxylic acids is 2. The molecule has 0 radical (unpaired) electrons. The van der Waals surface area contributed by atoms with Crippen LogP contribution in [0.15, 0.2) is 30.3 Å². The van der Waals surface area contributed by atoms with Gasteiger partial charge < -0.3 is 4.90 Å². The summed E-state index contributed by atoms with van der Waals surface area (Å²) in [7, 11) is 0. The quantitative estimate of drug-likeness (QED) is 0.794. The summed E-state index contributed by atoms with van der Waals surface area (Å²) in [6.45, 7) is 4.16. The van der Waals surface area contributed by atoms with Gasteiger partial charge in [-0.1, -0.05) is 25.1 Å². The van der Waals surface area contributed by atoms with Crippen molar-refractivity contribution in [2.45, 2.75) is 38.6 Å². The number of hydrogen-bond donors (Lipinski definition) is 1. The fourth-order valence-corrected chi connectivity index (χ4v) is 3.23. The van der Waals surface area contributed by atoms with Crippen molar-refractivity contribution in [1.29, 1.82) is 0 Å². The minimum atomic E-state index is -0.182. The smallest absolute Gasteiger partial charge is 0.292 e. The maximum absolute atomic E-state index is 12.7. The number of amides is 2. The van der Waals surface area contributed by atoms with E-state index in [-0.39, 0.29) is 17.9 Å². The standard InChI is InChI=1S/C17H22N2O2/c1-2-10-18(12-13-8-9-13)15-11-16(20)19(17(15)21)14-6-4-3-5-7-14/h3-7,13,15H,2,8-12H2,1H3/p+1/t15-/m0/s1. The highest BCUT2D eigenvalue weighted by molar-refractivity contribution is 6.21. The van der Waals surface area contributed by atoms with Crippen molar-refractivity contribution >= 4 is 17.5 Å². The molecule has 1 heterocycles. The van der Waals surface area contributed by atoms with Gasteiger partial charge in [0.1, 0.15) is 0 Å². The SMILES string of the molecule is CCC[NH+](CC1CC1)[C@H]1CC(=O)N(c2ccccc2)C1=O. The number of nitrogens with zero attached hydrogens (tertiary/aromatic N) is 1. The zero-order valence-electron chi connectivity index (χ0n) is 12.5. The molecule has 1 aliphatic carbocycles. The topological polar surface area (TPSA) is 41.8 Å². The van der Waals surface area contributed by atoms with Gasteiger partial charge in [0, 0.05) is 5.92 Å². The van der Waals surface area contributed by atoms with Crippen LogP contribution in [0.4, 0.5) is 5.69 Å². The van der Waals surface area contributed by atoms with Crippen molar-refractivity contribution in [3.05, 3.63) is 30.3 Å². The van der Waals surface area contributed by atoms with E-state index in [9.17, 15) is 9.59 Å². The monoisotopic (exact) mass is 287 g/mol. The predicted molar refractivity (Wildman–Crippen MR) is 81.1 cm³/mol. The highest BCUT2D eigenvalue weighted by atomic mass is 16.2. The maximum Gasteiger partial charge on any atom is 0.292 e. The van der Waals surface area contributed by atoms with Crippen molar-refractivity contribution in [3.8, 4) is 0 Å². The lowest BCUT2D eigenvalue weighted by Gasteiger charge is -2.24. The molecule has 1 aromatic carbocycles. The molecule has 3 rings (SSSR count). The Morgan fingerprint density at radius 3 is 2.52 bits per heavy atom. The molecule has 2 atom stereocenters. The van der Waals surface area contributed by atoms with Crippen LogP contribution < -0.4 is 9.80 Å². The molecule has 1 aromatic rings. The van der Waals surface area contributed by atoms with Gasteiger partial charge in [-0.15, -0.1) is 0 Å². The number of quaternary nitrogens is 1. The van der Waals surface area contributed by atoms with Gasteiger partial charge in [0.15, 0.2) is 6.04 Å². The van der Waals surface area contributed by atoms with Crippen LogP contribution in [0.1, 0.15) is 32.6 Å². The predicted octanol–water partition coefficient (Wildman–Crippen LogP) is 1.02. The molecule has 4 heteroatoms. The Kier molecular flexibility index (Phi) is 4.06. The third kappa shape index (κ3) is 3.00. The minimum absolute atomic E-state index is 0.0182. The van der Waals surface area contributed by atoms with E-state index in [0.29, 0.717) is 12.1 Å². The van der Waals surface area contributed by atoms with E-state index >= 15 is 0 Å². The second-order valence-electron chi connectivity index (χ2n) is 6.22. The number of imide groups is 1. The van der Waals surface area contributed by atoms with E-state index < -0.39 is 0 Å². The first-order valence-corrected chi connectivity index (χ1v) is 7.97. The molecule has 0 aromatic heterocycles. The Labute approximate surface area is 125 Å². The number of anilines is 1. The highest BCUT2D eigenvalue weighted by Crippen LogP contribution is 2.27. The molecule has 4 nitrogen and oxygen atoms in total. The molecule has 1 aliphatic heterocycles. The molecule has 112 valence electrons. The lowest BCUT2D eigenvalue weighted by atomic mass is 10.2. The molecule has 1 unspecified atom stereocenters. The second kappa shape index (κ2) is 5.98. The van der Waals surface area contributed by atoms with Gasteiger partial charge in [0.2, 0.25) is 5.91 Å². The second-order valence-corrected chi connectivity index (χ2v) is 6.22. The molecule has 2 fully saturated rings. The van der Waals surface area contributed by atoms with E-state index in [1.807, 2.05) is 30.3 Å². The van der Waals surface area contributed by atoms with Crippen molar-refractivity contribution < 1.29 is 14.5 Å². The molecule has 1 saturated heterocycles. The summed E-state index contributed by atoms with van der Waals surface area (Å²) in [6.07, 6.45) is 3.97. The fourth-order valence-electron chi connectivity index (χ4n) is 3.23.